The quantitative estimate of drug-likeness (QED) is 0.705. The van der Waals surface area contributed by atoms with Gasteiger partial charge in [0, 0.05) is 14.2 Å². The molecule has 64 valence electrons. The van der Waals surface area contributed by atoms with Gasteiger partial charge in [0.1, 0.15) is 0 Å². The molecule has 1 aromatic heterocycles. The standard InChI is InChI=1S/C7H10N2.C2H6.H2/c1-8-6-7-4-2-3-5-9-7;1-2;/h2-5,8H,6H2,1H3;1-2H3;1H. The number of rotatable bonds is 2. The molecule has 1 N–H and O–H groups in total. The third-order valence-corrected chi connectivity index (χ3v) is 1.08. The lowest BCUT2D eigenvalue weighted by Gasteiger charge is -1.94. The molecule has 0 unspecified atom stereocenters. The molecule has 1 heterocycles. The van der Waals surface area contributed by atoms with E-state index in [4.69, 9.17) is 0 Å². The summed E-state index contributed by atoms with van der Waals surface area (Å²) in [6.07, 6.45) is 1.80. The molecule has 1 aromatic rings. The van der Waals surface area contributed by atoms with Gasteiger partial charge in [-0.1, -0.05) is 19.9 Å². The summed E-state index contributed by atoms with van der Waals surface area (Å²) < 4.78 is 0. The maximum absolute atomic E-state index is 4.11. The van der Waals surface area contributed by atoms with Crippen molar-refractivity contribution >= 4 is 0 Å². The molecule has 0 saturated carbocycles. The first kappa shape index (κ1) is 10.1. The number of hydrogen-bond acceptors (Lipinski definition) is 2. The second kappa shape index (κ2) is 7.22. The van der Waals surface area contributed by atoms with Crippen molar-refractivity contribution in [3.8, 4) is 0 Å². The minimum absolute atomic E-state index is 0. The number of hydrogen-bond donors (Lipinski definition) is 1. The fourth-order valence-corrected chi connectivity index (χ4v) is 0.684. The highest BCUT2D eigenvalue weighted by atomic mass is 14.8. The zero-order chi connectivity index (χ0) is 8.53. The fraction of sp³-hybridized carbons (Fsp3) is 0.444. The van der Waals surface area contributed by atoms with E-state index in [0.717, 1.165) is 12.2 Å². The van der Waals surface area contributed by atoms with Crippen molar-refractivity contribution < 1.29 is 1.43 Å². The second-order valence-corrected chi connectivity index (χ2v) is 1.85. The topological polar surface area (TPSA) is 24.9 Å². The molecule has 0 aromatic carbocycles. The van der Waals surface area contributed by atoms with Crippen LogP contribution >= 0.6 is 0 Å². The Labute approximate surface area is 70.2 Å². The summed E-state index contributed by atoms with van der Waals surface area (Å²) in [6, 6.07) is 5.90. The Morgan fingerprint density at radius 2 is 2.18 bits per heavy atom. The van der Waals surface area contributed by atoms with Gasteiger partial charge in [-0.3, -0.25) is 4.98 Å². The predicted octanol–water partition coefficient (Wildman–Crippen LogP) is 2.07. The molecule has 0 bridgehead atoms. The maximum Gasteiger partial charge on any atom is 0.0541 e. The third-order valence-electron chi connectivity index (χ3n) is 1.08. The summed E-state index contributed by atoms with van der Waals surface area (Å²) in [5.74, 6) is 0. The molecule has 1 rings (SSSR count). The Bertz CT molecular complexity index is 165. The van der Waals surface area contributed by atoms with Crippen molar-refractivity contribution in [1.82, 2.24) is 10.3 Å². The SMILES string of the molecule is CC.CNCc1ccccn1.[HH]. The highest BCUT2D eigenvalue weighted by molar-refractivity contribution is 5.02. The minimum atomic E-state index is 0. The van der Waals surface area contributed by atoms with Crippen molar-refractivity contribution in [3.05, 3.63) is 30.1 Å². The van der Waals surface area contributed by atoms with E-state index in [1.165, 1.54) is 0 Å². The molecule has 0 fully saturated rings. The molecule has 0 amide bonds. The highest BCUT2D eigenvalue weighted by Crippen LogP contribution is 1.89. The van der Waals surface area contributed by atoms with Gasteiger partial charge in [0.25, 0.3) is 0 Å². The van der Waals surface area contributed by atoms with Crippen LogP contribution in [0.4, 0.5) is 0 Å². The molecule has 0 atom stereocenters. The summed E-state index contributed by atoms with van der Waals surface area (Å²) >= 11 is 0. The summed E-state index contributed by atoms with van der Waals surface area (Å²) in [7, 11) is 1.91. The summed E-state index contributed by atoms with van der Waals surface area (Å²) in [5, 5.41) is 3.02. The average molecular weight is 154 g/mol. The smallest absolute Gasteiger partial charge is 0.0541 e. The van der Waals surface area contributed by atoms with Crippen LogP contribution in [0.5, 0.6) is 0 Å². The number of nitrogens with one attached hydrogen (secondary N) is 1. The summed E-state index contributed by atoms with van der Waals surface area (Å²) in [6.45, 7) is 4.85. The van der Waals surface area contributed by atoms with Gasteiger partial charge in [-0.25, -0.2) is 0 Å². The molecule has 0 saturated heterocycles. The Morgan fingerprint density at radius 3 is 2.64 bits per heavy atom. The van der Waals surface area contributed by atoms with Crippen LogP contribution < -0.4 is 5.32 Å². The van der Waals surface area contributed by atoms with Gasteiger partial charge >= 0.3 is 0 Å². The molecule has 0 radical (unpaired) electrons. The van der Waals surface area contributed by atoms with Gasteiger partial charge in [-0.05, 0) is 19.2 Å². The number of pyridine rings is 1. The summed E-state index contributed by atoms with van der Waals surface area (Å²) in [5.41, 5.74) is 1.08. The largest absolute Gasteiger partial charge is 0.314 e. The van der Waals surface area contributed by atoms with Crippen LogP contribution in [0.25, 0.3) is 0 Å². The molecule has 0 aliphatic heterocycles. The van der Waals surface area contributed by atoms with Crippen LogP contribution in [0.2, 0.25) is 0 Å². The van der Waals surface area contributed by atoms with Gasteiger partial charge in [-0.15, -0.1) is 0 Å². The zero-order valence-corrected chi connectivity index (χ0v) is 7.46. The molecule has 2 heteroatoms. The van der Waals surface area contributed by atoms with Crippen LogP contribution in [-0.4, -0.2) is 12.0 Å². The molecule has 0 spiro atoms. The monoisotopic (exact) mass is 154 g/mol. The fourth-order valence-electron chi connectivity index (χ4n) is 0.684. The van der Waals surface area contributed by atoms with Crippen LogP contribution in [0, 0.1) is 0 Å². The normalized spacial score (nSPS) is 8.27. The van der Waals surface area contributed by atoms with Crippen LogP contribution in [0.1, 0.15) is 21.0 Å². The Balaban J connectivity index is 0. The van der Waals surface area contributed by atoms with Gasteiger partial charge in [0.05, 0.1) is 5.69 Å². The van der Waals surface area contributed by atoms with Crippen molar-refractivity contribution in [2.45, 2.75) is 20.4 Å². The minimum Gasteiger partial charge on any atom is -0.314 e. The van der Waals surface area contributed by atoms with Gasteiger partial charge in [0.2, 0.25) is 0 Å². The lowest BCUT2D eigenvalue weighted by Crippen LogP contribution is -2.05. The molecule has 0 aliphatic rings. The van der Waals surface area contributed by atoms with E-state index in [9.17, 15) is 0 Å². The van der Waals surface area contributed by atoms with Gasteiger partial charge < -0.3 is 5.32 Å². The van der Waals surface area contributed by atoms with E-state index in [2.05, 4.69) is 10.3 Å². The van der Waals surface area contributed by atoms with Crippen molar-refractivity contribution in [1.29, 1.82) is 0 Å². The molecule has 2 nitrogen and oxygen atoms in total. The predicted molar refractivity (Wildman–Crippen MR) is 50.5 cm³/mol. The first-order valence-corrected chi connectivity index (χ1v) is 3.98. The Hall–Kier alpha value is -0.890. The average Bonchev–Trinajstić information content (AvgIpc) is 2.11. The number of nitrogens with zero attached hydrogens (tertiary/aromatic N) is 1. The van der Waals surface area contributed by atoms with Crippen LogP contribution in [0.3, 0.4) is 0 Å². The van der Waals surface area contributed by atoms with Gasteiger partial charge in [0.15, 0.2) is 0 Å². The van der Waals surface area contributed by atoms with Gasteiger partial charge in [-0.2, -0.15) is 0 Å². The van der Waals surface area contributed by atoms with Crippen molar-refractivity contribution in [2.24, 2.45) is 0 Å². The van der Waals surface area contributed by atoms with Crippen LogP contribution in [-0.2, 0) is 6.54 Å². The van der Waals surface area contributed by atoms with E-state index < -0.39 is 0 Å². The van der Waals surface area contributed by atoms with Crippen molar-refractivity contribution in [2.75, 3.05) is 7.05 Å². The van der Waals surface area contributed by atoms with Crippen LogP contribution in [0.15, 0.2) is 24.4 Å². The summed E-state index contributed by atoms with van der Waals surface area (Å²) in [4.78, 5) is 4.11. The zero-order valence-electron chi connectivity index (χ0n) is 7.46. The van der Waals surface area contributed by atoms with E-state index in [-0.39, 0.29) is 1.43 Å². The lowest BCUT2D eigenvalue weighted by molar-refractivity contribution is 0.791. The Kier molecular flexibility index (Phi) is 6.64. The van der Waals surface area contributed by atoms with E-state index in [0.29, 0.717) is 0 Å². The second-order valence-electron chi connectivity index (χ2n) is 1.85. The maximum atomic E-state index is 4.11. The first-order valence-electron chi connectivity index (χ1n) is 3.98. The van der Waals surface area contributed by atoms with E-state index in [1.54, 1.807) is 6.20 Å². The Morgan fingerprint density at radius 1 is 1.45 bits per heavy atom. The molecular weight excluding hydrogens is 136 g/mol. The molecular formula is C9H18N2. The number of aromatic nitrogens is 1. The first-order chi connectivity index (χ1) is 5.43. The van der Waals surface area contributed by atoms with E-state index in [1.807, 2.05) is 39.1 Å². The highest BCUT2D eigenvalue weighted by Gasteiger charge is 1.85. The third kappa shape index (κ3) is 4.51. The molecule has 0 aliphatic carbocycles. The lowest BCUT2D eigenvalue weighted by atomic mass is 10.3. The van der Waals surface area contributed by atoms with E-state index >= 15 is 0 Å². The molecule has 11 heavy (non-hydrogen) atoms. The van der Waals surface area contributed by atoms with Crippen molar-refractivity contribution in [3.63, 3.8) is 0 Å².